The summed E-state index contributed by atoms with van der Waals surface area (Å²) >= 11 is 0. The lowest BCUT2D eigenvalue weighted by atomic mass is 9.79. The van der Waals surface area contributed by atoms with Gasteiger partial charge in [0.25, 0.3) is 5.69 Å². The van der Waals surface area contributed by atoms with Crippen molar-refractivity contribution in [2.45, 2.75) is 19.7 Å². The number of allylic oxidation sites excluding steroid dienone is 2. The van der Waals surface area contributed by atoms with Crippen LogP contribution >= 0.6 is 0 Å². The molecule has 2 rings (SSSR count). The van der Waals surface area contributed by atoms with Gasteiger partial charge in [0.15, 0.2) is 0 Å². The minimum Gasteiger partial charge on any atom is -0.466 e. The number of nitro benzene ring substituents is 1. The van der Waals surface area contributed by atoms with Gasteiger partial charge >= 0.3 is 11.9 Å². The molecule has 1 aliphatic rings. The van der Waals surface area contributed by atoms with Crippen molar-refractivity contribution in [1.29, 1.82) is 0 Å². The van der Waals surface area contributed by atoms with Gasteiger partial charge < -0.3 is 14.8 Å². The van der Waals surface area contributed by atoms with Gasteiger partial charge in [-0.05, 0) is 13.8 Å². The Bertz CT molecular complexity index is 1040. The van der Waals surface area contributed by atoms with Gasteiger partial charge in [0, 0.05) is 28.5 Å². The molecule has 0 saturated carbocycles. The van der Waals surface area contributed by atoms with Crippen LogP contribution in [0.1, 0.15) is 34.8 Å². The Morgan fingerprint density at radius 2 is 1.88 bits per heavy atom. The molecule has 1 N–H and O–H groups in total. The molecule has 1 aromatic carbocycles. The van der Waals surface area contributed by atoms with Crippen LogP contribution in [0.4, 0.5) is 5.69 Å². The summed E-state index contributed by atoms with van der Waals surface area (Å²) in [5, 5.41) is 14.0. The number of methoxy groups -OCH3 is 2. The van der Waals surface area contributed by atoms with Crippen molar-refractivity contribution in [3.63, 3.8) is 0 Å². The van der Waals surface area contributed by atoms with E-state index < -0.39 is 64.7 Å². The first-order valence-electron chi connectivity index (χ1n) is 10.3. The molecule has 0 radical (unpaired) electrons. The van der Waals surface area contributed by atoms with Gasteiger partial charge in [0.2, 0.25) is 0 Å². The minimum atomic E-state index is -3.34. The number of hydrogen-bond acceptors (Lipinski definition) is 7. The fourth-order valence-electron chi connectivity index (χ4n) is 2.48. The Balaban J connectivity index is 3.06. The molecule has 8 nitrogen and oxygen atoms in total. The number of esters is 2. The van der Waals surface area contributed by atoms with Gasteiger partial charge in [-0.15, -0.1) is 0 Å². The van der Waals surface area contributed by atoms with Gasteiger partial charge in [-0.1, -0.05) is 18.2 Å². The maximum atomic E-state index is 12.9. The van der Waals surface area contributed by atoms with Crippen LogP contribution in [-0.2, 0) is 19.1 Å². The molecule has 1 aliphatic heterocycles. The number of dihydropyridines is 1. The first-order valence-corrected chi connectivity index (χ1v) is 6.84. The normalized spacial score (nSPS) is 25.1. The zero-order valence-electron chi connectivity index (χ0n) is 20.2. The third kappa shape index (κ3) is 3.23. The lowest BCUT2D eigenvalue weighted by molar-refractivity contribution is -0.385. The Morgan fingerprint density at radius 3 is 2.48 bits per heavy atom. The number of nitro groups is 1. The van der Waals surface area contributed by atoms with Gasteiger partial charge in [-0.3, -0.25) is 10.1 Å². The van der Waals surface area contributed by atoms with Gasteiger partial charge in [0.1, 0.15) is 0 Å². The Kier molecular flexibility index (Phi) is 3.05. The zero-order valence-corrected chi connectivity index (χ0v) is 13.2. The van der Waals surface area contributed by atoms with Crippen molar-refractivity contribution in [3.8, 4) is 0 Å². The van der Waals surface area contributed by atoms with E-state index in [0.29, 0.717) is 0 Å². The summed E-state index contributed by atoms with van der Waals surface area (Å²) in [6.07, 6.45) is 0. The molecular weight excluding hydrogens is 328 g/mol. The number of ether oxygens (including phenoxy) is 2. The second-order valence-electron chi connectivity index (χ2n) is 4.91. The molecule has 0 amide bonds. The maximum absolute atomic E-state index is 12.9. The average Bonchev–Trinajstić information content (AvgIpc) is 2.64. The molecular formula is C17H18N2O6. The van der Waals surface area contributed by atoms with E-state index in [9.17, 15) is 19.7 Å². The first-order chi connectivity index (χ1) is 14.6. The smallest absolute Gasteiger partial charge is 0.336 e. The molecule has 0 aliphatic carbocycles. The predicted molar refractivity (Wildman–Crippen MR) is 88.4 cm³/mol. The van der Waals surface area contributed by atoms with Crippen molar-refractivity contribution in [2.24, 2.45) is 0 Å². The number of carbonyl (C=O) groups excluding carboxylic acids is 2. The lowest BCUT2D eigenvalue weighted by Crippen LogP contribution is -2.32. The predicted octanol–water partition coefficient (Wildman–Crippen LogP) is 2.18. The van der Waals surface area contributed by atoms with Gasteiger partial charge in [-0.25, -0.2) is 9.59 Å². The molecule has 1 unspecified atom stereocenters. The fraction of sp³-hybridized carbons (Fsp3) is 0.294. The molecule has 1 atom stereocenters. The number of rotatable bonds is 4. The van der Waals surface area contributed by atoms with Crippen LogP contribution < -0.4 is 5.32 Å². The number of nitrogens with zero attached hydrogens (tertiary/aromatic N) is 1. The highest BCUT2D eigenvalue weighted by atomic mass is 16.6. The van der Waals surface area contributed by atoms with E-state index in [2.05, 4.69) is 14.8 Å². The van der Waals surface area contributed by atoms with Gasteiger partial charge in [0.05, 0.1) is 40.2 Å². The standard InChI is InChI=1S/C17H18N2O6/c1-9-13(16(20)24-3)15(14(10(2)18-9)17(21)25-4)11-7-5-6-8-12(11)19(22)23/h5-8,15,18H,1-4H3/i1D3,3D3,15D. The molecule has 132 valence electrons. The largest absolute Gasteiger partial charge is 0.466 e. The van der Waals surface area contributed by atoms with E-state index in [4.69, 9.17) is 9.60 Å². The van der Waals surface area contributed by atoms with Crippen molar-refractivity contribution in [1.82, 2.24) is 5.32 Å². The molecule has 8 heteroatoms. The molecule has 0 fully saturated rings. The fourth-order valence-corrected chi connectivity index (χ4v) is 2.48. The Morgan fingerprint density at radius 1 is 1.24 bits per heavy atom. The maximum Gasteiger partial charge on any atom is 0.336 e. The molecule has 1 heterocycles. The van der Waals surface area contributed by atoms with E-state index in [-0.39, 0.29) is 5.70 Å². The van der Waals surface area contributed by atoms with Crippen LogP contribution in [0, 0.1) is 10.1 Å². The number of benzene rings is 1. The molecule has 0 aromatic heterocycles. The summed E-state index contributed by atoms with van der Waals surface area (Å²) in [4.78, 5) is 36.3. The van der Waals surface area contributed by atoms with Crippen molar-refractivity contribution < 1.29 is 33.6 Å². The number of carbonyl (C=O) groups is 2. The topological polar surface area (TPSA) is 108 Å². The monoisotopic (exact) mass is 353 g/mol. The highest BCUT2D eigenvalue weighted by Crippen LogP contribution is 2.42. The van der Waals surface area contributed by atoms with Crippen LogP contribution in [0.5, 0.6) is 0 Å². The number of nitrogens with one attached hydrogen (secondary N) is 1. The second-order valence-corrected chi connectivity index (χ2v) is 4.91. The van der Waals surface area contributed by atoms with Crippen LogP contribution in [0.3, 0.4) is 0 Å². The van der Waals surface area contributed by atoms with E-state index >= 15 is 0 Å². The van der Waals surface area contributed by atoms with Crippen molar-refractivity contribution in [2.75, 3.05) is 14.1 Å². The number of para-hydroxylation sites is 1. The molecule has 25 heavy (non-hydrogen) atoms. The SMILES string of the molecule is [2H]C([2H])([2H])OC(=O)C1=C(C([2H])([2H])[2H])NC(C)=C(C(=O)OC)C1([2H])c1ccccc1[N+](=O)[O-]. The van der Waals surface area contributed by atoms with Crippen LogP contribution in [0.2, 0.25) is 0 Å². The lowest BCUT2D eigenvalue weighted by Gasteiger charge is -2.29. The second kappa shape index (κ2) is 7.16. The molecule has 0 saturated heterocycles. The van der Waals surface area contributed by atoms with E-state index in [0.717, 1.165) is 19.2 Å². The van der Waals surface area contributed by atoms with Crippen LogP contribution in [-0.4, -0.2) is 31.0 Å². The third-order valence-corrected chi connectivity index (χ3v) is 3.49. The zero-order chi connectivity index (χ0) is 24.6. The quantitative estimate of drug-likeness (QED) is 0.502. The van der Waals surface area contributed by atoms with Crippen LogP contribution in [0.25, 0.3) is 0 Å². The Hall–Kier alpha value is -3.16. The molecule has 0 bridgehead atoms. The summed E-state index contributed by atoms with van der Waals surface area (Å²) in [7, 11) is -2.39. The minimum absolute atomic E-state index is 0.235. The first kappa shape index (κ1) is 10.7. The number of hydrogen-bond donors (Lipinski definition) is 1. The van der Waals surface area contributed by atoms with E-state index in [1.807, 2.05) is 0 Å². The molecule has 1 aromatic rings. The van der Waals surface area contributed by atoms with Gasteiger partial charge in [-0.2, -0.15) is 0 Å². The summed E-state index contributed by atoms with van der Waals surface area (Å²) in [6, 6.07) is 4.56. The van der Waals surface area contributed by atoms with Crippen molar-refractivity contribution in [3.05, 3.63) is 62.5 Å². The summed E-state index contributed by atoms with van der Waals surface area (Å²) in [5.41, 5.74) is -4.20. The Labute approximate surface area is 154 Å². The highest BCUT2D eigenvalue weighted by molar-refractivity contribution is 6.00. The summed E-state index contributed by atoms with van der Waals surface area (Å²) in [6.45, 7) is -1.91. The average molecular weight is 353 g/mol. The van der Waals surface area contributed by atoms with E-state index in [1.54, 1.807) is 0 Å². The third-order valence-electron chi connectivity index (χ3n) is 3.49. The molecule has 0 spiro atoms. The van der Waals surface area contributed by atoms with Crippen LogP contribution in [0.15, 0.2) is 46.8 Å². The van der Waals surface area contributed by atoms with E-state index in [1.165, 1.54) is 19.1 Å². The van der Waals surface area contributed by atoms with Crippen molar-refractivity contribution >= 4 is 17.6 Å². The summed E-state index contributed by atoms with van der Waals surface area (Å²) in [5.74, 6) is -5.84. The highest BCUT2D eigenvalue weighted by Gasteiger charge is 2.40. The summed E-state index contributed by atoms with van der Waals surface area (Å²) < 4.78 is 63.1.